The Hall–Kier alpha value is -3.22. The second kappa shape index (κ2) is 8.21. The standard InChI is InChI=1S/C21H25N3O4/c1-13-7-14(2)9-16(8-13)24-6-5-19(20(24)25)23-21(26)22-15-10-17(27-3)12-18(11-15)28-4/h7-12,19H,5-6H2,1-4H3,(H2,22,23,26). The molecule has 3 amide bonds. The van der Waals surface area contributed by atoms with Gasteiger partial charge in [-0.25, -0.2) is 4.79 Å². The molecule has 148 valence electrons. The zero-order valence-corrected chi connectivity index (χ0v) is 16.5. The molecule has 2 aromatic carbocycles. The lowest BCUT2D eigenvalue weighted by Gasteiger charge is -2.19. The van der Waals surface area contributed by atoms with Gasteiger partial charge in [0, 0.05) is 36.1 Å². The molecule has 2 N–H and O–H groups in total. The van der Waals surface area contributed by atoms with E-state index in [4.69, 9.17) is 9.47 Å². The Morgan fingerprint density at radius 3 is 2.18 bits per heavy atom. The van der Waals surface area contributed by atoms with E-state index in [9.17, 15) is 9.59 Å². The largest absolute Gasteiger partial charge is 0.497 e. The minimum Gasteiger partial charge on any atom is -0.497 e. The zero-order valence-electron chi connectivity index (χ0n) is 16.5. The molecule has 3 rings (SSSR count). The van der Waals surface area contributed by atoms with Crippen LogP contribution in [0, 0.1) is 13.8 Å². The summed E-state index contributed by atoms with van der Waals surface area (Å²) in [6.45, 7) is 4.57. The van der Waals surface area contributed by atoms with Crippen LogP contribution in [-0.4, -0.2) is 38.7 Å². The number of rotatable bonds is 5. The summed E-state index contributed by atoms with van der Waals surface area (Å²) in [5.41, 5.74) is 3.59. The first kappa shape index (κ1) is 19.5. The Morgan fingerprint density at radius 2 is 1.61 bits per heavy atom. The summed E-state index contributed by atoms with van der Waals surface area (Å²) in [5, 5.41) is 5.49. The Morgan fingerprint density at radius 1 is 1.00 bits per heavy atom. The third kappa shape index (κ3) is 4.36. The average molecular weight is 383 g/mol. The Bertz CT molecular complexity index is 855. The van der Waals surface area contributed by atoms with Gasteiger partial charge in [0.25, 0.3) is 0 Å². The molecule has 2 aromatic rings. The molecule has 7 heteroatoms. The van der Waals surface area contributed by atoms with Crippen LogP contribution < -0.4 is 25.0 Å². The van der Waals surface area contributed by atoms with Gasteiger partial charge in [-0.2, -0.15) is 0 Å². The van der Waals surface area contributed by atoms with Crippen LogP contribution in [0.5, 0.6) is 11.5 Å². The summed E-state index contributed by atoms with van der Waals surface area (Å²) in [6, 6.07) is 10.1. The van der Waals surface area contributed by atoms with Crippen LogP contribution in [-0.2, 0) is 4.79 Å². The maximum absolute atomic E-state index is 12.8. The van der Waals surface area contributed by atoms with Crippen molar-refractivity contribution in [2.45, 2.75) is 26.3 Å². The summed E-state index contributed by atoms with van der Waals surface area (Å²) in [7, 11) is 3.08. The van der Waals surface area contributed by atoms with E-state index in [2.05, 4.69) is 16.7 Å². The Kier molecular flexibility index (Phi) is 5.73. The monoisotopic (exact) mass is 383 g/mol. The number of anilines is 2. The van der Waals surface area contributed by atoms with Crippen molar-refractivity contribution in [2.24, 2.45) is 0 Å². The maximum Gasteiger partial charge on any atom is 0.319 e. The second-order valence-electron chi connectivity index (χ2n) is 6.88. The van der Waals surface area contributed by atoms with Crippen molar-refractivity contribution in [1.82, 2.24) is 5.32 Å². The molecule has 1 heterocycles. The number of hydrogen-bond donors (Lipinski definition) is 2. The van der Waals surface area contributed by atoms with Gasteiger partial charge in [-0.15, -0.1) is 0 Å². The number of nitrogens with one attached hydrogen (secondary N) is 2. The lowest BCUT2D eigenvalue weighted by molar-refractivity contribution is -0.118. The topological polar surface area (TPSA) is 79.9 Å². The smallest absolute Gasteiger partial charge is 0.319 e. The van der Waals surface area contributed by atoms with Gasteiger partial charge in [0.05, 0.1) is 14.2 Å². The molecular weight excluding hydrogens is 358 g/mol. The molecule has 1 saturated heterocycles. The number of carbonyl (C=O) groups excluding carboxylic acids is 2. The van der Waals surface area contributed by atoms with E-state index in [-0.39, 0.29) is 5.91 Å². The van der Waals surface area contributed by atoms with E-state index in [1.54, 1.807) is 23.1 Å². The summed E-state index contributed by atoms with van der Waals surface area (Å²) in [5.74, 6) is 1.02. The van der Waals surface area contributed by atoms with E-state index in [0.717, 1.165) is 16.8 Å². The summed E-state index contributed by atoms with van der Waals surface area (Å²) >= 11 is 0. The molecule has 0 saturated carbocycles. The van der Waals surface area contributed by atoms with Crippen molar-refractivity contribution in [3.05, 3.63) is 47.5 Å². The number of ether oxygens (including phenoxy) is 2. The van der Waals surface area contributed by atoms with Gasteiger partial charge in [-0.3, -0.25) is 4.79 Å². The molecule has 0 aliphatic carbocycles. The molecule has 1 aliphatic heterocycles. The highest BCUT2D eigenvalue weighted by Crippen LogP contribution is 2.26. The number of urea groups is 1. The molecule has 1 aliphatic rings. The van der Waals surface area contributed by atoms with Crippen LogP contribution >= 0.6 is 0 Å². The first-order chi connectivity index (χ1) is 13.4. The molecule has 0 spiro atoms. The minimum atomic E-state index is -0.562. The summed E-state index contributed by atoms with van der Waals surface area (Å²) in [6.07, 6.45) is 0.556. The predicted molar refractivity (Wildman–Crippen MR) is 108 cm³/mol. The highest BCUT2D eigenvalue weighted by molar-refractivity contribution is 6.02. The van der Waals surface area contributed by atoms with Crippen LogP contribution in [0.1, 0.15) is 17.5 Å². The molecule has 1 unspecified atom stereocenters. The molecule has 0 radical (unpaired) electrons. The van der Waals surface area contributed by atoms with Gasteiger partial charge in [0.2, 0.25) is 5.91 Å². The molecule has 28 heavy (non-hydrogen) atoms. The van der Waals surface area contributed by atoms with Crippen molar-refractivity contribution in [3.8, 4) is 11.5 Å². The van der Waals surface area contributed by atoms with Crippen molar-refractivity contribution >= 4 is 23.3 Å². The number of benzene rings is 2. The van der Waals surface area contributed by atoms with E-state index in [0.29, 0.717) is 30.2 Å². The van der Waals surface area contributed by atoms with Crippen LogP contribution in [0.2, 0.25) is 0 Å². The number of amides is 3. The van der Waals surface area contributed by atoms with Crippen LogP contribution in [0.25, 0.3) is 0 Å². The second-order valence-corrected chi connectivity index (χ2v) is 6.88. The highest BCUT2D eigenvalue weighted by Gasteiger charge is 2.33. The Balaban J connectivity index is 1.66. The highest BCUT2D eigenvalue weighted by atomic mass is 16.5. The SMILES string of the molecule is COc1cc(NC(=O)NC2CCN(c3cc(C)cc(C)c3)C2=O)cc(OC)c1. The molecule has 1 fully saturated rings. The summed E-state index contributed by atoms with van der Waals surface area (Å²) < 4.78 is 10.4. The number of hydrogen-bond acceptors (Lipinski definition) is 4. The fourth-order valence-electron chi connectivity index (χ4n) is 3.38. The minimum absolute atomic E-state index is 0.108. The molecule has 0 aromatic heterocycles. The maximum atomic E-state index is 12.8. The van der Waals surface area contributed by atoms with Gasteiger partial charge in [-0.1, -0.05) is 6.07 Å². The van der Waals surface area contributed by atoms with Gasteiger partial charge in [0.1, 0.15) is 17.5 Å². The van der Waals surface area contributed by atoms with Crippen molar-refractivity contribution < 1.29 is 19.1 Å². The van der Waals surface area contributed by atoms with Crippen LogP contribution in [0.3, 0.4) is 0 Å². The van der Waals surface area contributed by atoms with Crippen LogP contribution in [0.15, 0.2) is 36.4 Å². The number of aryl methyl sites for hydroxylation is 2. The quantitative estimate of drug-likeness (QED) is 0.831. The fraction of sp³-hybridized carbons (Fsp3) is 0.333. The van der Waals surface area contributed by atoms with Crippen molar-refractivity contribution in [2.75, 3.05) is 31.0 Å². The lowest BCUT2D eigenvalue weighted by atomic mass is 10.1. The Labute approximate surface area is 164 Å². The third-order valence-electron chi connectivity index (χ3n) is 4.64. The predicted octanol–water partition coefficient (Wildman–Crippen LogP) is 3.25. The van der Waals surface area contributed by atoms with Gasteiger partial charge in [-0.05, 0) is 43.5 Å². The third-order valence-corrected chi connectivity index (χ3v) is 4.64. The first-order valence-electron chi connectivity index (χ1n) is 9.10. The average Bonchev–Trinajstić information content (AvgIpc) is 3.00. The van der Waals surface area contributed by atoms with E-state index < -0.39 is 12.1 Å². The number of nitrogens with zero attached hydrogens (tertiary/aromatic N) is 1. The molecule has 1 atom stereocenters. The molecule has 0 bridgehead atoms. The van der Waals surface area contributed by atoms with Gasteiger partial charge < -0.3 is 25.0 Å². The van der Waals surface area contributed by atoms with Crippen molar-refractivity contribution in [3.63, 3.8) is 0 Å². The van der Waals surface area contributed by atoms with Gasteiger partial charge >= 0.3 is 6.03 Å². The lowest BCUT2D eigenvalue weighted by Crippen LogP contribution is -2.43. The first-order valence-corrected chi connectivity index (χ1v) is 9.10. The number of carbonyl (C=O) groups is 2. The number of methoxy groups -OCH3 is 2. The van der Waals surface area contributed by atoms with E-state index >= 15 is 0 Å². The van der Waals surface area contributed by atoms with E-state index in [1.807, 2.05) is 26.0 Å². The van der Waals surface area contributed by atoms with Crippen molar-refractivity contribution in [1.29, 1.82) is 0 Å². The summed E-state index contributed by atoms with van der Waals surface area (Å²) in [4.78, 5) is 26.9. The molecular formula is C21H25N3O4. The molecule has 7 nitrogen and oxygen atoms in total. The normalized spacial score (nSPS) is 16.1. The van der Waals surface area contributed by atoms with E-state index in [1.165, 1.54) is 14.2 Å². The fourth-order valence-corrected chi connectivity index (χ4v) is 3.38. The van der Waals surface area contributed by atoms with Gasteiger partial charge in [0.15, 0.2) is 0 Å². The zero-order chi connectivity index (χ0) is 20.3. The van der Waals surface area contributed by atoms with Crippen LogP contribution in [0.4, 0.5) is 16.2 Å².